The second-order valence-corrected chi connectivity index (χ2v) is 5.52. The van der Waals surface area contributed by atoms with Crippen LogP contribution in [-0.4, -0.2) is 39.7 Å². The van der Waals surface area contributed by atoms with Crippen LogP contribution in [0.3, 0.4) is 0 Å². The van der Waals surface area contributed by atoms with Crippen molar-refractivity contribution in [2.24, 2.45) is 12.8 Å². The summed E-state index contributed by atoms with van der Waals surface area (Å²) in [6.07, 6.45) is 6.49. The fraction of sp³-hybridized carbons (Fsp3) is 0.571. The van der Waals surface area contributed by atoms with Crippen molar-refractivity contribution in [3.8, 4) is 0 Å². The average Bonchev–Trinajstić information content (AvgIpc) is 2.70. The van der Waals surface area contributed by atoms with Gasteiger partial charge in [0, 0.05) is 37.8 Å². The largest absolute Gasteiger partial charge is 0.335 e. The Hall–Kier alpha value is -1.33. The number of likely N-dealkylation sites (tertiary alicyclic amines) is 1. The first kappa shape index (κ1) is 15.1. The number of nitrogens with two attached hydrogens (primary N) is 1. The van der Waals surface area contributed by atoms with Gasteiger partial charge < -0.3 is 10.6 Å². The molecular formula is C14H21ClN4O. The summed E-state index contributed by atoms with van der Waals surface area (Å²) < 4.78 is 1.60. The number of aromatic nitrogens is 2. The molecule has 1 fully saturated rings. The van der Waals surface area contributed by atoms with Crippen molar-refractivity contribution in [3.05, 3.63) is 22.5 Å². The smallest absolute Gasteiger partial charge is 0.246 e. The van der Waals surface area contributed by atoms with E-state index < -0.39 is 0 Å². The van der Waals surface area contributed by atoms with Gasteiger partial charge in [0.05, 0.1) is 5.69 Å². The average molecular weight is 297 g/mol. The van der Waals surface area contributed by atoms with Crippen LogP contribution in [-0.2, 0) is 11.8 Å². The Kier molecular flexibility index (Phi) is 4.83. The summed E-state index contributed by atoms with van der Waals surface area (Å²) >= 11 is 6.14. The summed E-state index contributed by atoms with van der Waals surface area (Å²) in [5.74, 6) is -0.000491. The number of aryl methyl sites for hydroxylation is 2. The Bertz CT molecular complexity index is 523. The van der Waals surface area contributed by atoms with Gasteiger partial charge in [0.2, 0.25) is 5.91 Å². The van der Waals surface area contributed by atoms with Crippen LogP contribution in [0.4, 0.5) is 0 Å². The molecule has 0 aliphatic carbocycles. The van der Waals surface area contributed by atoms with Gasteiger partial charge >= 0.3 is 0 Å². The van der Waals surface area contributed by atoms with Crippen molar-refractivity contribution < 1.29 is 4.79 Å². The van der Waals surface area contributed by atoms with Crippen LogP contribution in [0.2, 0.25) is 5.15 Å². The van der Waals surface area contributed by atoms with Crippen LogP contribution in [0.1, 0.15) is 30.5 Å². The zero-order chi connectivity index (χ0) is 14.7. The molecule has 0 bridgehead atoms. The molecule has 110 valence electrons. The van der Waals surface area contributed by atoms with E-state index in [1.165, 1.54) is 0 Å². The third kappa shape index (κ3) is 3.04. The molecule has 1 saturated heterocycles. The number of nitrogens with zero attached hydrogens (tertiary/aromatic N) is 3. The first-order valence-corrected chi connectivity index (χ1v) is 7.30. The van der Waals surface area contributed by atoms with E-state index in [2.05, 4.69) is 5.10 Å². The molecule has 0 saturated carbocycles. The summed E-state index contributed by atoms with van der Waals surface area (Å²) in [5, 5.41) is 4.76. The summed E-state index contributed by atoms with van der Waals surface area (Å²) in [6, 6.07) is 0.159. The minimum atomic E-state index is -0.000491. The van der Waals surface area contributed by atoms with Gasteiger partial charge in [0.1, 0.15) is 5.15 Å². The summed E-state index contributed by atoms with van der Waals surface area (Å²) in [7, 11) is 1.78. The van der Waals surface area contributed by atoms with E-state index in [1.54, 1.807) is 23.9 Å². The third-order valence-corrected chi connectivity index (χ3v) is 4.22. The summed E-state index contributed by atoms with van der Waals surface area (Å²) in [5.41, 5.74) is 7.35. The SMILES string of the molecule is Cc1nn(C)c(Cl)c1/C=C/C(=O)N1CCCCC1CN. The number of hydrogen-bond donors (Lipinski definition) is 1. The third-order valence-electron chi connectivity index (χ3n) is 3.77. The molecule has 0 spiro atoms. The lowest BCUT2D eigenvalue weighted by atomic mass is 10.0. The van der Waals surface area contributed by atoms with Gasteiger partial charge in [-0.25, -0.2) is 0 Å². The molecule has 6 heteroatoms. The van der Waals surface area contributed by atoms with E-state index in [4.69, 9.17) is 17.3 Å². The fourth-order valence-electron chi connectivity index (χ4n) is 2.62. The van der Waals surface area contributed by atoms with Crippen molar-refractivity contribution in [2.75, 3.05) is 13.1 Å². The predicted molar refractivity (Wildman–Crippen MR) is 80.4 cm³/mol. The van der Waals surface area contributed by atoms with E-state index >= 15 is 0 Å². The van der Waals surface area contributed by atoms with Gasteiger partial charge in [0.25, 0.3) is 0 Å². The quantitative estimate of drug-likeness (QED) is 0.864. The Morgan fingerprint density at radius 2 is 2.30 bits per heavy atom. The normalized spacial score (nSPS) is 19.8. The van der Waals surface area contributed by atoms with Crippen LogP contribution in [0.15, 0.2) is 6.08 Å². The number of halogens is 1. The van der Waals surface area contributed by atoms with Crippen LogP contribution in [0.25, 0.3) is 6.08 Å². The maximum atomic E-state index is 12.3. The Morgan fingerprint density at radius 3 is 2.90 bits per heavy atom. The van der Waals surface area contributed by atoms with Crippen molar-refractivity contribution in [2.45, 2.75) is 32.2 Å². The van der Waals surface area contributed by atoms with Crippen molar-refractivity contribution in [1.29, 1.82) is 0 Å². The zero-order valence-corrected chi connectivity index (χ0v) is 12.7. The van der Waals surface area contributed by atoms with E-state index in [1.807, 2.05) is 11.8 Å². The van der Waals surface area contributed by atoms with Crippen molar-refractivity contribution >= 4 is 23.6 Å². The lowest BCUT2D eigenvalue weighted by Gasteiger charge is -2.34. The topological polar surface area (TPSA) is 64.2 Å². The fourth-order valence-corrected chi connectivity index (χ4v) is 2.86. The van der Waals surface area contributed by atoms with E-state index in [-0.39, 0.29) is 11.9 Å². The van der Waals surface area contributed by atoms with Gasteiger partial charge in [-0.15, -0.1) is 0 Å². The molecule has 1 aliphatic rings. The van der Waals surface area contributed by atoms with Crippen LogP contribution in [0.5, 0.6) is 0 Å². The molecule has 1 aliphatic heterocycles. The maximum Gasteiger partial charge on any atom is 0.246 e. The first-order chi connectivity index (χ1) is 9.54. The maximum absolute atomic E-state index is 12.3. The molecule has 5 nitrogen and oxygen atoms in total. The van der Waals surface area contributed by atoms with Gasteiger partial charge in [-0.2, -0.15) is 5.10 Å². The first-order valence-electron chi connectivity index (χ1n) is 6.92. The van der Waals surface area contributed by atoms with Gasteiger partial charge in [-0.05, 0) is 32.3 Å². The number of carbonyl (C=O) groups is 1. The van der Waals surface area contributed by atoms with Gasteiger partial charge in [0.15, 0.2) is 0 Å². The summed E-state index contributed by atoms with van der Waals surface area (Å²) in [4.78, 5) is 14.1. The summed E-state index contributed by atoms with van der Waals surface area (Å²) in [6.45, 7) is 3.18. The standard InChI is InChI=1S/C14H21ClN4O/c1-10-12(14(15)18(2)17-10)6-7-13(20)19-8-4-3-5-11(19)9-16/h6-7,11H,3-5,8-9,16H2,1-2H3/b7-6+. The minimum Gasteiger partial charge on any atom is -0.335 e. The molecule has 2 heterocycles. The number of carbonyl (C=O) groups excluding carboxylic acids is 1. The molecule has 20 heavy (non-hydrogen) atoms. The number of hydrogen-bond acceptors (Lipinski definition) is 3. The number of rotatable bonds is 3. The number of piperidine rings is 1. The molecular weight excluding hydrogens is 276 g/mol. The lowest BCUT2D eigenvalue weighted by Crippen LogP contribution is -2.46. The number of amides is 1. The van der Waals surface area contributed by atoms with E-state index in [0.29, 0.717) is 11.7 Å². The lowest BCUT2D eigenvalue weighted by molar-refractivity contribution is -0.129. The van der Waals surface area contributed by atoms with Crippen LogP contribution in [0, 0.1) is 6.92 Å². The molecule has 2 N–H and O–H groups in total. The highest BCUT2D eigenvalue weighted by Gasteiger charge is 2.24. The highest BCUT2D eigenvalue weighted by molar-refractivity contribution is 6.31. The Labute approximate surface area is 124 Å². The predicted octanol–water partition coefficient (Wildman–Crippen LogP) is 1.73. The highest BCUT2D eigenvalue weighted by Crippen LogP contribution is 2.21. The molecule has 2 rings (SSSR count). The molecule has 0 radical (unpaired) electrons. The molecule has 1 unspecified atom stereocenters. The molecule has 1 atom stereocenters. The van der Waals surface area contributed by atoms with Gasteiger partial charge in [-0.1, -0.05) is 11.6 Å². The van der Waals surface area contributed by atoms with Crippen LogP contribution < -0.4 is 5.73 Å². The van der Waals surface area contributed by atoms with Crippen molar-refractivity contribution in [1.82, 2.24) is 14.7 Å². The molecule has 1 aromatic heterocycles. The zero-order valence-electron chi connectivity index (χ0n) is 12.0. The highest BCUT2D eigenvalue weighted by atomic mass is 35.5. The minimum absolute atomic E-state index is 0.000491. The van der Waals surface area contributed by atoms with Gasteiger partial charge in [-0.3, -0.25) is 9.48 Å². The molecule has 1 amide bonds. The molecule has 1 aromatic rings. The van der Waals surface area contributed by atoms with E-state index in [0.717, 1.165) is 37.1 Å². The monoisotopic (exact) mass is 296 g/mol. The Morgan fingerprint density at radius 1 is 1.55 bits per heavy atom. The second kappa shape index (κ2) is 6.41. The van der Waals surface area contributed by atoms with Crippen LogP contribution >= 0.6 is 11.6 Å². The Balaban J connectivity index is 2.12. The van der Waals surface area contributed by atoms with E-state index in [9.17, 15) is 4.79 Å². The van der Waals surface area contributed by atoms with Crippen molar-refractivity contribution in [3.63, 3.8) is 0 Å². The molecule has 0 aromatic carbocycles. The second-order valence-electron chi connectivity index (χ2n) is 5.16.